The number of ether oxygens (including phenoxy) is 2. The molecular weight excluding hydrogens is 693 g/mol. The molecule has 12 heteroatoms. The van der Waals surface area contributed by atoms with Gasteiger partial charge in [0, 0.05) is 12.5 Å². The minimum Gasteiger partial charge on any atom is -0.444 e. The Labute approximate surface area is 323 Å². The van der Waals surface area contributed by atoms with Crippen LogP contribution >= 0.6 is 11.8 Å². The predicted molar refractivity (Wildman–Crippen MR) is 213 cm³/mol. The molecule has 0 spiro atoms. The molecule has 53 heavy (non-hydrogen) atoms. The summed E-state index contributed by atoms with van der Waals surface area (Å²) in [6.45, 7) is 19.5. The number of amides is 4. The van der Waals surface area contributed by atoms with E-state index < -0.39 is 53.7 Å². The van der Waals surface area contributed by atoms with Gasteiger partial charge in [-0.15, -0.1) is 0 Å². The number of carbonyl (C=O) groups excluding carboxylic acids is 4. The zero-order chi connectivity index (χ0) is 39.9. The van der Waals surface area contributed by atoms with Crippen molar-refractivity contribution in [1.29, 1.82) is 0 Å². The largest absolute Gasteiger partial charge is 0.444 e. The van der Waals surface area contributed by atoms with Gasteiger partial charge in [0.2, 0.25) is 17.7 Å². The smallest absolute Gasteiger partial charge is 0.408 e. The molecule has 0 saturated carbocycles. The normalized spacial score (nSPS) is 19.8. The average Bonchev–Trinajstić information content (AvgIpc) is 3.06. The van der Waals surface area contributed by atoms with Crippen LogP contribution in [-0.4, -0.2) is 89.5 Å². The minimum atomic E-state index is -1.00. The lowest BCUT2D eigenvalue weighted by Gasteiger charge is -2.37. The Bertz CT molecular complexity index is 1270. The molecule has 1 saturated heterocycles. The highest BCUT2D eigenvalue weighted by Crippen LogP contribution is 2.28. The van der Waals surface area contributed by atoms with Crippen molar-refractivity contribution in [1.82, 2.24) is 21.3 Å². The molecule has 11 nitrogen and oxygen atoms in total. The maximum absolute atomic E-state index is 13.8. The maximum Gasteiger partial charge on any atom is 0.408 e. The summed E-state index contributed by atoms with van der Waals surface area (Å²) in [6, 6.07) is 7.83. The second-order valence-electron chi connectivity index (χ2n) is 16.9. The Hall–Kier alpha value is -2.83. The first kappa shape index (κ1) is 46.3. The van der Waals surface area contributed by atoms with E-state index >= 15 is 0 Å². The van der Waals surface area contributed by atoms with E-state index in [1.165, 1.54) is 5.56 Å². The highest BCUT2D eigenvalue weighted by Gasteiger charge is 2.36. The zero-order valence-electron chi connectivity index (χ0n) is 34.2. The number of rotatable bonds is 20. The number of alkyl carbamates (subject to hydrolysis) is 1. The molecule has 8 atom stereocenters. The summed E-state index contributed by atoms with van der Waals surface area (Å²) in [5.41, 5.74) is 0.571. The number of thioether (sulfide) groups is 1. The third-order valence-electron chi connectivity index (χ3n) is 9.64. The Morgan fingerprint density at radius 1 is 0.887 bits per heavy atom. The molecule has 4 amide bonds. The van der Waals surface area contributed by atoms with E-state index in [0.717, 1.165) is 19.3 Å². The SMILES string of the molecule is CSCC[C@H](NC(=O)[C@@H](NC(=O)OC(C)(C)C)C(C)C)C(=O)N[C@@H](CC(C)C)[C@@H](O)C[C@@H](C)C(=O)N[C@@H](C(C)C)C1CC(Cc2ccccc2)CCO1. The Balaban J connectivity index is 2.10. The first-order valence-corrected chi connectivity index (χ1v) is 20.9. The molecule has 1 aromatic rings. The first-order chi connectivity index (χ1) is 24.8. The van der Waals surface area contributed by atoms with Gasteiger partial charge in [-0.05, 0) is 101 Å². The van der Waals surface area contributed by atoms with Gasteiger partial charge in [0.15, 0.2) is 0 Å². The molecule has 1 heterocycles. The van der Waals surface area contributed by atoms with Gasteiger partial charge < -0.3 is 35.8 Å². The van der Waals surface area contributed by atoms with Crippen LogP contribution in [0.25, 0.3) is 0 Å². The Kier molecular flexibility index (Phi) is 19.7. The quantitative estimate of drug-likeness (QED) is 0.111. The number of hydrogen-bond donors (Lipinski definition) is 5. The van der Waals surface area contributed by atoms with Gasteiger partial charge >= 0.3 is 6.09 Å². The topological polar surface area (TPSA) is 155 Å². The van der Waals surface area contributed by atoms with Crippen molar-refractivity contribution in [2.24, 2.45) is 29.6 Å². The molecule has 1 aliphatic heterocycles. The molecular formula is C41H70N4O7S. The van der Waals surface area contributed by atoms with Crippen molar-refractivity contribution >= 4 is 35.6 Å². The number of aliphatic hydroxyl groups is 1. The molecule has 2 rings (SSSR count). The second kappa shape index (κ2) is 22.5. The highest BCUT2D eigenvalue weighted by atomic mass is 32.2. The lowest BCUT2D eigenvalue weighted by Crippen LogP contribution is -2.58. The van der Waals surface area contributed by atoms with Crippen molar-refractivity contribution in [3.05, 3.63) is 35.9 Å². The predicted octanol–water partition coefficient (Wildman–Crippen LogP) is 5.87. The molecule has 5 N–H and O–H groups in total. The van der Waals surface area contributed by atoms with Gasteiger partial charge in [-0.25, -0.2) is 4.79 Å². The summed E-state index contributed by atoms with van der Waals surface area (Å²) in [5.74, 6) is -0.519. The van der Waals surface area contributed by atoms with Crippen LogP contribution in [0.2, 0.25) is 0 Å². The molecule has 302 valence electrons. The van der Waals surface area contributed by atoms with E-state index in [1.54, 1.807) is 53.3 Å². The van der Waals surface area contributed by atoms with Crippen molar-refractivity contribution in [3.8, 4) is 0 Å². The number of nitrogens with one attached hydrogen (secondary N) is 4. The van der Waals surface area contributed by atoms with Gasteiger partial charge in [0.1, 0.15) is 17.7 Å². The summed E-state index contributed by atoms with van der Waals surface area (Å²) >= 11 is 1.55. The van der Waals surface area contributed by atoms with Crippen molar-refractivity contribution in [2.45, 2.75) is 150 Å². The van der Waals surface area contributed by atoms with E-state index in [1.807, 2.05) is 26.2 Å². The van der Waals surface area contributed by atoms with Gasteiger partial charge in [0.05, 0.1) is 24.3 Å². The van der Waals surface area contributed by atoms with Crippen LogP contribution in [0.4, 0.5) is 4.79 Å². The number of hydrogen-bond acceptors (Lipinski definition) is 8. The van der Waals surface area contributed by atoms with E-state index in [9.17, 15) is 24.3 Å². The van der Waals surface area contributed by atoms with Crippen molar-refractivity contribution in [2.75, 3.05) is 18.6 Å². The van der Waals surface area contributed by atoms with Crippen molar-refractivity contribution in [3.63, 3.8) is 0 Å². The Morgan fingerprint density at radius 3 is 2.11 bits per heavy atom. The molecule has 1 aliphatic rings. The first-order valence-electron chi connectivity index (χ1n) is 19.5. The molecule has 0 aliphatic carbocycles. The fourth-order valence-corrected chi connectivity index (χ4v) is 7.22. The minimum absolute atomic E-state index is 0.102. The van der Waals surface area contributed by atoms with Gasteiger partial charge in [0.25, 0.3) is 0 Å². The molecule has 1 fully saturated rings. The standard InChI is InChI=1S/C41H70N4O7S/c1-25(2)21-32(43-38(48)31(18-20-53-11)42-39(49)36(27(5)6)45-40(50)52-41(8,9)10)33(46)22-28(7)37(47)44-35(26(3)4)34-24-30(17-19-51-34)23-29-15-13-12-14-16-29/h12-16,25-28,30-36,46H,17-24H2,1-11H3,(H,42,49)(H,43,48)(H,44,47)(H,45,50)/t28-,30?,31+,32+,33+,34?,35+,36+/m1/s1. The molecule has 0 aromatic heterocycles. The summed E-state index contributed by atoms with van der Waals surface area (Å²) in [6.07, 6.45) is 3.90. The third-order valence-corrected chi connectivity index (χ3v) is 10.3. The molecule has 1 aromatic carbocycles. The van der Waals surface area contributed by atoms with Crippen LogP contribution in [0.5, 0.6) is 0 Å². The average molecular weight is 763 g/mol. The van der Waals surface area contributed by atoms with Gasteiger partial charge in [-0.3, -0.25) is 14.4 Å². The van der Waals surface area contributed by atoms with Crippen molar-refractivity contribution < 1.29 is 33.8 Å². The number of aliphatic hydroxyl groups excluding tert-OH is 1. The second-order valence-corrected chi connectivity index (χ2v) is 17.9. The fourth-order valence-electron chi connectivity index (χ4n) is 6.75. The van der Waals surface area contributed by atoms with E-state index in [4.69, 9.17) is 9.47 Å². The summed E-state index contributed by atoms with van der Waals surface area (Å²) in [4.78, 5) is 53.4. The van der Waals surface area contributed by atoms with Gasteiger partial charge in [-0.2, -0.15) is 11.8 Å². The number of carbonyl (C=O) groups is 4. The molecule has 2 unspecified atom stereocenters. The van der Waals surface area contributed by atoms with E-state index in [0.29, 0.717) is 31.1 Å². The van der Waals surface area contributed by atoms with E-state index in [-0.39, 0.29) is 42.2 Å². The Morgan fingerprint density at radius 2 is 1.55 bits per heavy atom. The summed E-state index contributed by atoms with van der Waals surface area (Å²) in [5, 5.41) is 23.3. The van der Waals surface area contributed by atoms with Crippen LogP contribution in [0.1, 0.15) is 107 Å². The van der Waals surface area contributed by atoms with Crippen LogP contribution in [0.15, 0.2) is 30.3 Å². The highest BCUT2D eigenvalue weighted by molar-refractivity contribution is 7.98. The van der Waals surface area contributed by atoms with Crippen LogP contribution in [0, 0.1) is 29.6 Å². The summed E-state index contributed by atoms with van der Waals surface area (Å²) in [7, 11) is 0. The lowest BCUT2D eigenvalue weighted by atomic mass is 9.84. The van der Waals surface area contributed by atoms with Crippen LogP contribution in [0.3, 0.4) is 0 Å². The fraction of sp³-hybridized carbons (Fsp3) is 0.756. The van der Waals surface area contributed by atoms with E-state index in [2.05, 4.69) is 59.4 Å². The third kappa shape index (κ3) is 17.0. The van der Waals surface area contributed by atoms with Gasteiger partial charge in [-0.1, -0.05) is 78.8 Å². The molecule has 0 bridgehead atoms. The van der Waals surface area contributed by atoms with Crippen LogP contribution < -0.4 is 21.3 Å². The monoisotopic (exact) mass is 762 g/mol. The zero-order valence-corrected chi connectivity index (χ0v) is 35.0. The lowest BCUT2D eigenvalue weighted by molar-refractivity contribution is -0.132. The molecule has 0 radical (unpaired) electrons. The number of benzene rings is 1. The summed E-state index contributed by atoms with van der Waals surface area (Å²) < 4.78 is 11.6. The van der Waals surface area contributed by atoms with Crippen LogP contribution in [-0.2, 0) is 30.3 Å². The maximum atomic E-state index is 13.8.